The summed E-state index contributed by atoms with van der Waals surface area (Å²) < 4.78 is 6.02. The normalized spacial score (nSPS) is 12.0. The van der Waals surface area contributed by atoms with Crippen molar-refractivity contribution in [2.45, 2.75) is 6.04 Å². The molecule has 0 amide bonds. The van der Waals surface area contributed by atoms with E-state index >= 15 is 0 Å². The predicted octanol–water partition coefficient (Wildman–Crippen LogP) is 4.54. The van der Waals surface area contributed by atoms with E-state index < -0.39 is 12.0 Å². The minimum Gasteiger partial charge on any atom is -0.467 e. The number of carbonyl (C=O) groups is 1. The van der Waals surface area contributed by atoms with Crippen LogP contribution in [0, 0.1) is 0 Å². The second kappa shape index (κ2) is 6.76. The van der Waals surface area contributed by atoms with E-state index in [2.05, 4.69) is 26.2 Å². The Morgan fingerprint density at radius 1 is 1.50 bits per heavy atom. The fraction of sp³-hybridized carbons (Fsp3) is 0.167. The monoisotopic (exact) mass is 394 g/mol. The highest BCUT2D eigenvalue weighted by Crippen LogP contribution is 2.30. The molecule has 1 heterocycles. The number of anilines is 1. The maximum atomic E-state index is 11.9. The Balaban J connectivity index is 2.28. The number of hydrogen-bond acceptors (Lipinski definition) is 5. The lowest BCUT2D eigenvalue weighted by atomic mass is 10.2. The number of thiazole rings is 1. The SMILES string of the molecule is COC(=O)C(Nc1ccc(Cl)c(Br)c1)c1ncc(Cl)s1. The van der Waals surface area contributed by atoms with E-state index in [0.717, 1.165) is 4.47 Å². The third-order valence-electron chi connectivity index (χ3n) is 2.41. The minimum atomic E-state index is -0.717. The van der Waals surface area contributed by atoms with E-state index in [1.54, 1.807) is 18.2 Å². The van der Waals surface area contributed by atoms with Gasteiger partial charge in [0.15, 0.2) is 6.04 Å². The number of halogens is 3. The number of nitrogens with one attached hydrogen (secondary N) is 1. The number of aromatic nitrogens is 1. The van der Waals surface area contributed by atoms with Crippen molar-refractivity contribution in [1.29, 1.82) is 0 Å². The van der Waals surface area contributed by atoms with E-state index in [0.29, 0.717) is 20.1 Å². The van der Waals surface area contributed by atoms with Gasteiger partial charge in [-0.05, 0) is 34.1 Å². The van der Waals surface area contributed by atoms with Crippen molar-refractivity contribution < 1.29 is 9.53 Å². The van der Waals surface area contributed by atoms with Gasteiger partial charge in [0.2, 0.25) is 0 Å². The van der Waals surface area contributed by atoms with Gasteiger partial charge in [0.1, 0.15) is 9.34 Å². The van der Waals surface area contributed by atoms with E-state index in [4.69, 9.17) is 27.9 Å². The second-order valence-corrected chi connectivity index (χ2v) is 6.69. The maximum absolute atomic E-state index is 11.9. The summed E-state index contributed by atoms with van der Waals surface area (Å²) in [5, 5.41) is 4.17. The van der Waals surface area contributed by atoms with Crippen LogP contribution in [0.25, 0.3) is 0 Å². The lowest BCUT2D eigenvalue weighted by molar-refractivity contribution is -0.141. The zero-order valence-electron chi connectivity index (χ0n) is 10.2. The van der Waals surface area contributed by atoms with Crippen LogP contribution in [0.4, 0.5) is 5.69 Å². The van der Waals surface area contributed by atoms with Gasteiger partial charge < -0.3 is 10.1 Å². The van der Waals surface area contributed by atoms with Crippen molar-refractivity contribution in [3.8, 4) is 0 Å². The molecular weight excluding hydrogens is 387 g/mol. The Morgan fingerprint density at radius 2 is 2.25 bits per heavy atom. The molecule has 0 saturated heterocycles. The van der Waals surface area contributed by atoms with E-state index in [9.17, 15) is 4.79 Å². The molecule has 20 heavy (non-hydrogen) atoms. The molecule has 2 aromatic rings. The molecule has 1 aromatic heterocycles. The van der Waals surface area contributed by atoms with Crippen LogP contribution in [0.3, 0.4) is 0 Å². The summed E-state index contributed by atoms with van der Waals surface area (Å²) in [6, 6.07) is 4.54. The fourth-order valence-corrected chi connectivity index (χ4v) is 2.96. The molecule has 1 atom stereocenters. The number of esters is 1. The summed E-state index contributed by atoms with van der Waals surface area (Å²) in [6.07, 6.45) is 1.50. The molecule has 1 aromatic carbocycles. The second-order valence-electron chi connectivity index (χ2n) is 3.73. The van der Waals surface area contributed by atoms with Crippen LogP contribution < -0.4 is 5.32 Å². The summed E-state index contributed by atoms with van der Waals surface area (Å²) in [4.78, 5) is 16.0. The van der Waals surface area contributed by atoms with Crippen LogP contribution in [0.5, 0.6) is 0 Å². The molecule has 0 aliphatic heterocycles. The number of nitrogens with zero attached hydrogens (tertiary/aromatic N) is 1. The lowest BCUT2D eigenvalue weighted by Crippen LogP contribution is -2.22. The molecule has 0 radical (unpaired) electrons. The van der Waals surface area contributed by atoms with Crippen LogP contribution in [0.2, 0.25) is 9.36 Å². The van der Waals surface area contributed by atoms with Gasteiger partial charge in [-0.3, -0.25) is 0 Å². The zero-order valence-corrected chi connectivity index (χ0v) is 14.1. The van der Waals surface area contributed by atoms with E-state index in [1.165, 1.54) is 24.6 Å². The van der Waals surface area contributed by atoms with Gasteiger partial charge in [-0.25, -0.2) is 9.78 Å². The average molecular weight is 396 g/mol. The van der Waals surface area contributed by atoms with Crippen LogP contribution >= 0.6 is 50.5 Å². The quantitative estimate of drug-likeness (QED) is 0.772. The highest BCUT2D eigenvalue weighted by atomic mass is 79.9. The number of rotatable bonds is 4. The van der Waals surface area contributed by atoms with Gasteiger partial charge in [-0.1, -0.05) is 23.2 Å². The van der Waals surface area contributed by atoms with Crippen molar-refractivity contribution in [3.05, 3.63) is 43.2 Å². The molecule has 106 valence electrons. The molecular formula is C12H9BrCl2N2O2S. The highest BCUT2D eigenvalue weighted by molar-refractivity contribution is 9.10. The molecule has 0 aliphatic rings. The first kappa shape index (κ1) is 15.6. The van der Waals surface area contributed by atoms with Gasteiger partial charge in [0, 0.05) is 10.2 Å². The Bertz CT molecular complexity index is 636. The van der Waals surface area contributed by atoms with Crippen LogP contribution in [-0.4, -0.2) is 18.1 Å². The molecule has 1 unspecified atom stereocenters. The molecule has 0 saturated carbocycles. The van der Waals surface area contributed by atoms with Gasteiger partial charge in [0.05, 0.1) is 18.3 Å². The van der Waals surface area contributed by atoms with E-state index in [1.807, 2.05) is 0 Å². The van der Waals surface area contributed by atoms with Crippen molar-refractivity contribution in [2.24, 2.45) is 0 Å². The summed E-state index contributed by atoms with van der Waals surface area (Å²) >= 11 is 16.3. The van der Waals surface area contributed by atoms with Gasteiger partial charge >= 0.3 is 5.97 Å². The fourth-order valence-electron chi connectivity index (χ4n) is 1.49. The summed E-state index contributed by atoms with van der Waals surface area (Å²) in [5.41, 5.74) is 0.711. The first-order chi connectivity index (χ1) is 9.51. The molecule has 2 rings (SSSR count). The standard InChI is InChI=1S/C12H9BrCl2N2O2S/c1-19-12(18)10(11-16-5-9(15)20-11)17-6-2-3-8(14)7(13)4-6/h2-5,10,17H,1H3. The first-order valence-corrected chi connectivity index (χ1v) is 7.78. The van der Waals surface area contributed by atoms with Crippen LogP contribution in [-0.2, 0) is 9.53 Å². The largest absolute Gasteiger partial charge is 0.467 e. The van der Waals surface area contributed by atoms with Crippen LogP contribution in [0.1, 0.15) is 11.0 Å². The molecule has 0 fully saturated rings. The third-order valence-corrected chi connectivity index (χ3v) is 4.80. The first-order valence-electron chi connectivity index (χ1n) is 5.42. The van der Waals surface area contributed by atoms with Crippen molar-refractivity contribution >= 4 is 62.1 Å². The van der Waals surface area contributed by atoms with Gasteiger partial charge in [-0.2, -0.15) is 0 Å². The summed E-state index contributed by atoms with van der Waals surface area (Å²) in [5.74, 6) is -0.443. The van der Waals surface area contributed by atoms with Crippen molar-refractivity contribution in [3.63, 3.8) is 0 Å². The van der Waals surface area contributed by atoms with Crippen molar-refractivity contribution in [2.75, 3.05) is 12.4 Å². The molecule has 4 nitrogen and oxygen atoms in total. The molecule has 0 spiro atoms. The Morgan fingerprint density at radius 3 is 2.80 bits per heavy atom. The summed E-state index contributed by atoms with van der Waals surface area (Å²) in [7, 11) is 1.32. The molecule has 8 heteroatoms. The Labute approximate surface area is 138 Å². The molecule has 1 N–H and O–H groups in total. The summed E-state index contributed by atoms with van der Waals surface area (Å²) in [6.45, 7) is 0. The minimum absolute atomic E-state index is 0.443. The van der Waals surface area contributed by atoms with Crippen molar-refractivity contribution in [1.82, 2.24) is 4.98 Å². The number of hydrogen-bond donors (Lipinski definition) is 1. The van der Waals surface area contributed by atoms with E-state index in [-0.39, 0.29) is 0 Å². The average Bonchev–Trinajstić information content (AvgIpc) is 2.85. The van der Waals surface area contributed by atoms with Crippen LogP contribution in [0.15, 0.2) is 28.9 Å². The number of carbonyl (C=O) groups excluding carboxylic acids is 1. The Hall–Kier alpha value is -0.820. The zero-order chi connectivity index (χ0) is 14.7. The smallest absolute Gasteiger partial charge is 0.335 e. The van der Waals surface area contributed by atoms with Gasteiger partial charge in [0.25, 0.3) is 0 Å². The number of methoxy groups -OCH3 is 1. The predicted molar refractivity (Wildman–Crippen MR) is 84.7 cm³/mol. The maximum Gasteiger partial charge on any atom is 0.335 e. The molecule has 0 bridgehead atoms. The van der Waals surface area contributed by atoms with Gasteiger partial charge in [-0.15, -0.1) is 11.3 Å². The third kappa shape index (κ3) is 3.63. The highest BCUT2D eigenvalue weighted by Gasteiger charge is 2.24. The topological polar surface area (TPSA) is 51.2 Å². The lowest BCUT2D eigenvalue weighted by Gasteiger charge is -2.15. The molecule has 0 aliphatic carbocycles. The number of ether oxygens (including phenoxy) is 1. The number of benzene rings is 1. The Kier molecular flexibility index (Phi) is 5.26.